The molecule has 1 aromatic heterocycles. The Balaban J connectivity index is 1.37. The zero-order chi connectivity index (χ0) is 33.0. The highest BCUT2D eigenvalue weighted by Gasteiger charge is 2.40. The number of aromatic nitrogens is 2. The van der Waals surface area contributed by atoms with E-state index < -0.39 is 53.0 Å². The minimum atomic E-state index is -4.58. The lowest BCUT2D eigenvalue weighted by molar-refractivity contribution is -0.142. The van der Waals surface area contributed by atoms with Crippen molar-refractivity contribution in [3.05, 3.63) is 77.1 Å². The summed E-state index contributed by atoms with van der Waals surface area (Å²) in [6.45, 7) is 1.72. The number of benzene rings is 2. The van der Waals surface area contributed by atoms with E-state index in [2.05, 4.69) is 16.4 Å². The van der Waals surface area contributed by atoms with Crippen molar-refractivity contribution < 1.29 is 36.6 Å². The molecule has 0 radical (unpaired) electrons. The Morgan fingerprint density at radius 3 is 2.52 bits per heavy atom. The van der Waals surface area contributed by atoms with E-state index in [0.717, 1.165) is 24.3 Å². The van der Waals surface area contributed by atoms with E-state index >= 15 is 0 Å². The van der Waals surface area contributed by atoms with Gasteiger partial charge in [0.1, 0.15) is 11.6 Å². The summed E-state index contributed by atoms with van der Waals surface area (Å²) in [5.74, 6) is -4.63. The molecule has 14 heteroatoms. The number of carboxylic acid groups (broad SMARTS) is 1. The molecule has 9 nitrogen and oxygen atoms in total. The first-order valence-electron chi connectivity index (χ1n) is 15.0. The summed E-state index contributed by atoms with van der Waals surface area (Å²) in [6, 6.07) is 8.76. The fourth-order valence-electron chi connectivity index (χ4n) is 6.32. The molecule has 5 rings (SSSR count). The second kappa shape index (κ2) is 13.9. The molecule has 244 valence electrons. The molecule has 0 bridgehead atoms. The number of anilines is 2. The van der Waals surface area contributed by atoms with Gasteiger partial charge in [0.25, 0.3) is 0 Å². The third kappa shape index (κ3) is 7.47. The number of carbonyl (C=O) groups excluding carboxylic acids is 1. The Labute approximate surface area is 262 Å². The van der Waals surface area contributed by atoms with Crippen LogP contribution in [0.2, 0.25) is 0 Å². The number of nitrogens with zero attached hydrogens (tertiary/aromatic N) is 5. The van der Waals surface area contributed by atoms with Gasteiger partial charge in [-0.1, -0.05) is 12.1 Å². The molecule has 46 heavy (non-hydrogen) atoms. The molecule has 2 aliphatic heterocycles. The number of hydrogen-bond acceptors (Lipinski definition) is 6. The fraction of sp³-hybridized carbons (Fsp3) is 0.438. The number of imidazole rings is 1. The maximum atomic E-state index is 14.9. The maximum Gasteiger partial charge on any atom is 0.416 e. The highest BCUT2D eigenvalue weighted by Crippen LogP contribution is 2.37. The molecule has 2 saturated heterocycles. The number of hydrogen-bond donors (Lipinski definition) is 2. The van der Waals surface area contributed by atoms with Gasteiger partial charge in [0.05, 0.1) is 30.0 Å². The lowest BCUT2D eigenvalue weighted by Crippen LogP contribution is -2.37. The smallest absolute Gasteiger partial charge is 0.416 e. The van der Waals surface area contributed by atoms with E-state index in [1.165, 1.54) is 18.3 Å². The zero-order valence-electron chi connectivity index (χ0n) is 24.8. The van der Waals surface area contributed by atoms with Gasteiger partial charge < -0.3 is 19.5 Å². The molecule has 0 spiro atoms. The van der Waals surface area contributed by atoms with Crippen molar-refractivity contribution in [3.8, 4) is 6.07 Å². The first-order valence-corrected chi connectivity index (χ1v) is 15.0. The first-order chi connectivity index (χ1) is 21.9. The number of carbonyl (C=O) groups is 2. The number of likely N-dealkylation sites (tertiary alicyclic amines) is 1. The van der Waals surface area contributed by atoms with Gasteiger partial charge in [0, 0.05) is 62.7 Å². The quantitative estimate of drug-likeness (QED) is 0.222. The van der Waals surface area contributed by atoms with Crippen LogP contribution in [0, 0.1) is 34.8 Å². The van der Waals surface area contributed by atoms with Crippen molar-refractivity contribution in [3.63, 3.8) is 0 Å². The topological polar surface area (TPSA) is 114 Å². The van der Waals surface area contributed by atoms with Crippen LogP contribution in [0.15, 0.2) is 48.8 Å². The highest BCUT2D eigenvalue weighted by molar-refractivity contribution is 5.92. The van der Waals surface area contributed by atoms with Crippen LogP contribution in [-0.2, 0) is 22.3 Å². The number of halogens is 5. The SMILES string of the molecule is N#CCCCN1CC(C(=O)Nc2nccn2Cc2ccc(C(F)(F)F)cc2N2CCC(C(=O)O)CC2)[C@H](c2ccc(F)cc2F)C1. The van der Waals surface area contributed by atoms with E-state index in [0.29, 0.717) is 50.0 Å². The summed E-state index contributed by atoms with van der Waals surface area (Å²) in [7, 11) is 0. The Morgan fingerprint density at radius 2 is 1.85 bits per heavy atom. The molecule has 1 unspecified atom stereocenters. The molecule has 1 amide bonds. The van der Waals surface area contributed by atoms with Gasteiger partial charge in [-0.05, 0) is 55.1 Å². The number of nitriles is 1. The van der Waals surface area contributed by atoms with Gasteiger partial charge in [-0.25, -0.2) is 13.8 Å². The average Bonchev–Trinajstić information content (AvgIpc) is 3.64. The molecule has 3 heterocycles. The number of alkyl halides is 3. The molecule has 2 N–H and O–H groups in total. The summed E-state index contributed by atoms with van der Waals surface area (Å²) >= 11 is 0. The monoisotopic (exact) mass is 644 g/mol. The van der Waals surface area contributed by atoms with E-state index in [1.807, 2.05) is 4.90 Å². The van der Waals surface area contributed by atoms with E-state index in [4.69, 9.17) is 5.26 Å². The van der Waals surface area contributed by atoms with E-state index in [9.17, 15) is 36.6 Å². The Morgan fingerprint density at radius 1 is 1.09 bits per heavy atom. The second-order valence-electron chi connectivity index (χ2n) is 11.7. The number of rotatable bonds is 10. The number of unbranched alkanes of at least 4 members (excludes halogenated alkanes) is 1. The molecular formula is C32H33F5N6O3. The minimum absolute atomic E-state index is 0.0584. The van der Waals surface area contributed by atoms with Crippen molar-refractivity contribution in [2.24, 2.45) is 11.8 Å². The van der Waals surface area contributed by atoms with Crippen LogP contribution in [0.3, 0.4) is 0 Å². The number of nitrogens with one attached hydrogen (secondary N) is 1. The summed E-state index contributed by atoms with van der Waals surface area (Å²) in [5.41, 5.74) is 0.213. The zero-order valence-corrected chi connectivity index (χ0v) is 24.8. The average molecular weight is 645 g/mol. The van der Waals surface area contributed by atoms with Crippen LogP contribution in [0.4, 0.5) is 33.6 Å². The maximum absolute atomic E-state index is 14.9. The predicted molar refractivity (Wildman–Crippen MR) is 158 cm³/mol. The molecule has 2 atom stereocenters. The number of amides is 1. The predicted octanol–water partition coefficient (Wildman–Crippen LogP) is 5.49. The number of aliphatic carboxylic acids is 1. The summed E-state index contributed by atoms with van der Waals surface area (Å²) in [6.07, 6.45) is -0.0814. The van der Waals surface area contributed by atoms with Crippen LogP contribution < -0.4 is 10.2 Å². The Kier molecular flexibility index (Phi) is 9.91. The van der Waals surface area contributed by atoms with Gasteiger partial charge in [-0.3, -0.25) is 14.9 Å². The Bertz CT molecular complexity index is 1610. The Hall–Kier alpha value is -4.51. The molecular weight excluding hydrogens is 611 g/mol. The highest BCUT2D eigenvalue weighted by atomic mass is 19.4. The molecule has 0 aliphatic carbocycles. The molecule has 0 saturated carbocycles. The third-order valence-electron chi connectivity index (χ3n) is 8.75. The van der Waals surface area contributed by atoms with E-state index in [1.54, 1.807) is 15.7 Å². The molecule has 2 fully saturated rings. The molecule has 2 aliphatic rings. The standard InChI is InChI=1S/C32H33F5N6O3/c33-23-5-6-24(27(34)16-23)25-18-41(11-2-1-9-38)19-26(25)29(44)40-31-39-10-14-43(31)17-21-3-4-22(32(35,36)37)15-28(21)42-12-7-20(8-13-42)30(45)46/h3-6,10,14-16,20,25-26H,1-2,7-8,11-13,17-19H2,(H,45,46)(H,39,40,44)/t25-,26?/m0/s1. The fourth-order valence-corrected chi connectivity index (χ4v) is 6.32. The summed E-state index contributed by atoms with van der Waals surface area (Å²) in [5, 5.41) is 21.1. The summed E-state index contributed by atoms with van der Waals surface area (Å²) < 4.78 is 71.1. The lowest BCUT2D eigenvalue weighted by atomic mass is 9.88. The van der Waals surface area contributed by atoms with Gasteiger partial charge in [-0.15, -0.1) is 0 Å². The largest absolute Gasteiger partial charge is 0.481 e. The van der Waals surface area contributed by atoms with Crippen molar-refractivity contribution in [2.75, 3.05) is 42.9 Å². The van der Waals surface area contributed by atoms with Crippen molar-refractivity contribution in [1.82, 2.24) is 14.5 Å². The normalized spacial score (nSPS) is 19.3. The van der Waals surface area contributed by atoms with Crippen molar-refractivity contribution in [2.45, 2.75) is 44.3 Å². The van der Waals surface area contributed by atoms with Gasteiger partial charge >= 0.3 is 12.1 Å². The lowest BCUT2D eigenvalue weighted by Gasteiger charge is -2.34. The number of carboxylic acids is 1. The van der Waals surface area contributed by atoms with Crippen LogP contribution in [0.1, 0.15) is 48.3 Å². The van der Waals surface area contributed by atoms with Gasteiger partial charge in [-0.2, -0.15) is 18.4 Å². The number of piperidine rings is 1. The van der Waals surface area contributed by atoms with Crippen molar-refractivity contribution in [1.29, 1.82) is 5.26 Å². The van der Waals surface area contributed by atoms with Gasteiger partial charge in [0.2, 0.25) is 11.9 Å². The van der Waals surface area contributed by atoms with Crippen molar-refractivity contribution >= 4 is 23.5 Å². The molecule has 2 aromatic carbocycles. The van der Waals surface area contributed by atoms with E-state index in [-0.39, 0.29) is 37.7 Å². The first kappa shape index (κ1) is 32.9. The van der Waals surface area contributed by atoms with Crippen LogP contribution in [0.5, 0.6) is 0 Å². The second-order valence-corrected chi connectivity index (χ2v) is 11.7. The summed E-state index contributed by atoms with van der Waals surface area (Å²) in [4.78, 5) is 33.1. The van der Waals surface area contributed by atoms with Crippen LogP contribution in [0.25, 0.3) is 0 Å². The van der Waals surface area contributed by atoms with Gasteiger partial charge in [0.15, 0.2) is 0 Å². The van der Waals surface area contributed by atoms with Crippen LogP contribution >= 0.6 is 0 Å². The molecule has 3 aromatic rings. The van der Waals surface area contributed by atoms with Crippen LogP contribution in [-0.4, -0.2) is 64.2 Å². The third-order valence-corrected chi connectivity index (χ3v) is 8.75. The minimum Gasteiger partial charge on any atom is -0.481 e.